The van der Waals surface area contributed by atoms with Crippen molar-refractivity contribution in [1.29, 1.82) is 0 Å². The van der Waals surface area contributed by atoms with Crippen LogP contribution < -0.4 is 10.2 Å². The molecular formula is C18H30BrNO3Si. The molecule has 1 aromatic rings. The number of ether oxygens (including phenoxy) is 1. The Hall–Kier alpha value is -0.593. The number of aromatic nitrogens is 1. The van der Waals surface area contributed by atoms with Crippen LogP contribution in [0.1, 0.15) is 52.8 Å². The van der Waals surface area contributed by atoms with Gasteiger partial charge in [-0.15, -0.1) is 0 Å². The maximum atomic E-state index is 12.6. The summed E-state index contributed by atoms with van der Waals surface area (Å²) in [5.41, 5.74) is 0.723. The number of hydrogen-bond acceptors (Lipinski definition) is 3. The lowest BCUT2D eigenvalue weighted by Crippen LogP contribution is -2.47. The Labute approximate surface area is 154 Å². The van der Waals surface area contributed by atoms with E-state index < -0.39 is 8.32 Å². The highest BCUT2D eigenvalue weighted by Gasteiger charge is 2.46. The average molecular weight is 416 g/mol. The summed E-state index contributed by atoms with van der Waals surface area (Å²) in [6, 6.07) is 0. The van der Waals surface area contributed by atoms with E-state index in [1.165, 1.54) is 0 Å². The van der Waals surface area contributed by atoms with Crippen molar-refractivity contribution in [2.75, 3.05) is 7.11 Å². The summed E-state index contributed by atoms with van der Waals surface area (Å²) in [5.74, 6) is 0.404. The van der Waals surface area contributed by atoms with E-state index in [0.29, 0.717) is 10.2 Å². The van der Waals surface area contributed by atoms with Gasteiger partial charge < -0.3 is 13.7 Å². The first-order valence-electron chi connectivity index (χ1n) is 8.46. The predicted molar refractivity (Wildman–Crippen MR) is 104 cm³/mol. The van der Waals surface area contributed by atoms with Crippen LogP contribution in [0.2, 0.25) is 18.1 Å². The monoisotopic (exact) mass is 415 g/mol. The Morgan fingerprint density at radius 2 is 1.92 bits per heavy atom. The minimum Gasteiger partial charge on any atom is -0.491 e. The van der Waals surface area contributed by atoms with Gasteiger partial charge in [-0.05, 0) is 45.9 Å². The van der Waals surface area contributed by atoms with Crippen LogP contribution in [0.3, 0.4) is 0 Å². The average Bonchev–Trinajstić information content (AvgIpc) is 2.43. The lowest BCUT2D eigenvalue weighted by Gasteiger charge is -2.47. The Kier molecular flexibility index (Phi) is 5.17. The smallest absolute Gasteiger partial charge is 0.237 e. The predicted octanol–water partition coefficient (Wildman–Crippen LogP) is 5.11. The molecule has 1 aliphatic heterocycles. The van der Waals surface area contributed by atoms with E-state index in [0.717, 1.165) is 18.7 Å². The molecule has 24 heavy (non-hydrogen) atoms. The second-order valence-corrected chi connectivity index (χ2v) is 14.5. The van der Waals surface area contributed by atoms with Crippen LogP contribution in [0.5, 0.6) is 5.75 Å². The van der Waals surface area contributed by atoms with E-state index in [-0.39, 0.29) is 22.0 Å². The van der Waals surface area contributed by atoms with Gasteiger partial charge in [0.1, 0.15) is 0 Å². The number of hydrogen-bond donors (Lipinski definition) is 0. The fourth-order valence-electron chi connectivity index (χ4n) is 2.87. The van der Waals surface area contributed by atoms with E-state index in [1.807, 2.05) is 6.20 Å². The van der Waals surface area contributed by atoms with Gasteiger partial charge in [0.2, 0.25) is 5.43 Å². The second kappa shape index (κ2) is 6.29. The molecule has 0 aromatic carbocycles. The van der Waals surface area contributed by atoms with Crippen molar-refractivity contribution >= 4 is 24.2 Å². The Balaban J connectivity index is 2.64. The molecule has 1 atom stereocenters. The molecule has 1 unspecified atom stereocenters. The van der Waals surface area contributed by atoms with Gasteiger partial charge in [-0.3, -0.25) is 4.79 Å². The fraction of sp³-hybridized carbons (Fsp3) is 0.722. The number of halogens is 1. The van der Waals surface area contributed by atoms with Gasteiger partial charge >= 0.3 is 0 Å². The molecular weight excluding hydrogens is 386 g/mol. The third kappa shape index (κ3) is 3.37. The maximum absolute atomic E-state index is 12.6. The van der Waals surface area contributed by atoms with Crippen LogP contribution in [-0.4, -0.2) is 20.0 Å². The molecule has 4 nitrogen and oxygen atoms in total. The van der Waals surface area contributed by atoms with Crippen LogP contribution >= 0.6 is 15.9 Å². The first-order chi connectivity index (χ1) is 10.8. The number of pyridine rings is 1. The molecule has 136 valence electrons. The summed E-state index contributed by atoms with van der Waals surface area (Å²) in [5, 5.41) is 0.105. The number of aryl methyl sites for hydroxylation is 1. The number of fused-ring (bicyclic) bond motifs is 1. The van der Waals surface area contributed by atoms with Crippen LogP contribution in [0.15, 0.2) is 15.5 Å². The molecule has 0 fully saturated rings. The zero-order valence-corrected chi connectivity index (χ0v) is 18.7. The summed E-state index contributed by atoms with van der Waals surface area (Å²) in [4.78, 5) is 12.6. The Morgan fingerprint density at radius 1 is 1.33 bits per heavy atom. The van der Waals surface area contributed by atoms with Crippen LogP contribution in [0, 0.1) is 5.41 Å². The lowest BCUT2D eigenvalue weighted by atomic mass is 9.78. The number of methoxy groups -OCH3 is 1. The maximum Gasteiger partial charge on any atom is 0.237 e. The molecule has 0 saturated carbocycles. The van der Waals surface area contributed by atoms with Crippen molar-refractivity contribution in [3.05, 3.63) is 26.6 Å². The van der Waals surface area contributed by atoms with Gasteiger partial charge in [0.25, 0.3) is 0 Å². The van der Waals surface area contributed by atoms with E-state index in [4.69, 9.17) is 9.16 Å². The summed E-state index contributed by atoms with van der Waals surface area (Å²) in [6.45, 7) is 16.5. The first kappa shape index (κ1) is 19.7. The largest absolute Gasteiger partial charge is 0.491 e. The zero-order chi connectivity index (χ0) is 18.5. The van der Waals surface area contributed by atoms with Gasteiger partial charge in [-0.1, -0.05) is 34.6 Å². The number of rotatable bonds is 3. The zero-order valence-electron chi connectivity index (χ0n) is 16.1. The quantitative estimate of drug-likeness (QED) is 0.643. The summed E-state index contributed by atoms with van der Waals surface area (Å²) in [7, 11) is -0.434. The standard InChI is InChI=1S/C18H30BrNO3Si/c1-17(2,3)24(7,8)23-16-13-15(22-6)14(21)12(19)11-20(13)10-9-18(16,4)5/h11,16H,9-10H2,1-8H3. The highest BCUT2D eigenvalue weighted by molar-refractivity contribution is 9.10. The molecule has 0 aliphatic carbocycles. The van der Waals surface area contributed by atoms with Crippen LogP contribution in [0.25, 0.3) is 0 Å². The lowest BCUT2D eigenvalue weighted by molar-refractivity contribution is 0.0237. The van der Waals surface area contributed by atoms with Crippen molar-refractivity contribution in [3.63, 3.8) is 0 Å². The van der Waals surface area contributed by atoms with E-state index >= 15 is 0 Å². The minimum absolute atomic E-state index is 0.0525. The van der Waals surface area contributed by atoms with Gasteiger partial charge in [0.15, 0.2) is 14.1 Å². The van der Waals surface area contributed by atoms with Gasteiger partial charge in [-0.25, -0.2) is 0 Å². The molecule has 2 heterocycles. The summed E-state index contributed by atoms with van der Waals surface area (Å²) >= 11 is 3.36. The topological polar surface area (TPSA) is 40.5 Å². The van der Waals surface area contributed by atoms with E-state index in [2.05, 4.69) is 68.2 Å². The van der Waals surface area contributed by atoms with Crippen molar-refractivity contribution in [2.45, 2.75) is 71.8 Å². The van der Waals surface area contributed by atoms with Crippen molar-refractivity contribution in [1.82, 2.24) is 4.57 Å². The Bertz CT molecular complexity index is 689. The van der Waals surface area contributed by atoms with Crippen LogP contribution in [-0.2, 0) is 11.0 Å². The molecule has 0 radical (unpaired) electrons. The highest BCUT2D eigenvalue weighted by atomic mass is 79.9. The normalized spacial score (nSPS) is 20.6. The fourth-order valence-corrected chi connectivity index (χ4v) is 4.67. The molecule has 2 rings (SSSR count). The number of nitrogens with zero attached hydrogens (tertiary/aromatic N) is 1. The van der Waals surface area contributed by atoms with Crippen molar-refractivity contribution in [2.24, 2.45) is 5.41 Å². The third-order valence-electron chi connectivity index (χ3n) is 5.61. The molecule has 6 heteroatoms. The van der Waals surface area contributed by atoms with Gasteiger partial charge in [0.05, 0.1) is 23.4 Å². The molecule has 0 saturated heterocycles. The minimum atomic E-state index is -2.00. The molecule has 0 spiro atoms. The highest BCUT2D eigenvalue weighted by Crippen LogP contribution is 2.50. The van der Waals surface area contributed by atoms with Gasteiger partial charge in [-0.2, -0.15) is 0 Å². The first-order valence-corrected chi connectivity index (χ1v) is 12.2. The van der Waals surface area contributed by atoms with E-state index in [9.17, 15) is 4.79 Å². The molecule has 1 aromatic heterocycles. The van der Waals surface area contributed by atoms with Crippen LogP contribution in [0.4, 0.5) is 0 Å². The summed E-state index contributed by atoms with van der Waals surface area (Å²) < 4.78 is 15.0. The Morgan fingerprint density at radius 3 is 2.42 bits per heavy atom. The molecule has 1 aliphatic rings. The summed E-state index contributed by atoms with van der Waals surface area (Å²) in [6.07, 6.45) is 2.72. The molecule has 0 N–H and O–H groups in total. The van der Waals surface area contributed by atoms with Crippen molar-refractivity contribution < 1.29 is 9.16 Å². The second-order valence-electron chi connectivity index (χ2n) is 8.91. The van der Waals surface area contributed by atoms with E-state index in [1.54, 1.807) is 7.11 Å². The van der Waals surface area contributed by atoms with Gasteiger partial charge in [0, 0.05) is 12.7 Å². The SMILES string of the molecule is COc1c2n(cc(Br)c1=O)CCC(C)(C)C2O[Si](C)(C)C(C)(C)C. The third-order valence-corrected chi connectivity index (χ3v) is 10.6. The molecule has 0 amide bonds. The van der Waals surface area contributed by atoms with Crippen molar-refractivity contribution in [3.8, 4) is 5.75 Å². The molecule has 0 bridgehead atoms.